The highest BCUT2D eigenvalue weighted by Gasteiger charge is 2.42. The Bertz CT molecular complexity index is 1600. The SMILES string of the molecule is CCCCCc1cc(F)c(C(F)(F)OC2CCC(c3ccc(-c4ccc(-c5cc(F)c(F)c(F)c5)cc4)c(F)c3)CC2)c(F)c1. The van der Waals surface area contributed by atoms with Crippen LogP contribution in [0.5, 0.6) is 0 Å². The van der Waals surface area contributed by atoms with E-state index in [9.17, 15) is 30.7 Å². The van der Waals surface area contributed by atoms with Crippen molar-refractivity contribution in [2.75, 3.05) is 0 Å². The van der Waals surface area contributed by atoms with Crippen LogP contribution in [0.25, 0.3) is 22.3 Å². The molecule has 0 unspecified atom stereocenters. The Hall–Kier alpha value is -3.72. The quantitative estimate of drug-likeness (QED) is 0.0960. The molecule has 1 aliphatic rings. The topological polar surface area (TPSA) is 9.23 Å². The maximum absolute atomic E-state index is 15.2. The van der Waals surface area contributed by atoms with Crippen molar-refractivity contribution in [1.29, 1.82) is 0 Å². The molecular weight excluding hydrogens is 600 g/mol. The van der Waals surface area contributed by atoms with Gasteiger partial charge in [0.2, 0.25) is 0 Å². The van der Waals surface area contributed by atoms with E-state index in [1.807, 2.05) is 6.92 Å². The molecule has 4 aromatic rings. The summed E-state index contributed by atoms with van der Waals surface area (Å²) in [6.45, 7) is 1.99. The van der Waals surface area contributed by atoms with Crippen molar-refractivity contribution in [1.82, 2.24) is 0 Å². The van der Waals surface area contributed by atoms with Gasteiger partial charge in [0, 0.05) is 5.56 Å². The van der Waals surface area contributed by atoms with E-state index in [1.165, 1.54) is 6.07 Å². The Morgan fingerprint density at radius 2 is 1.24 bits per heavy atom. The zero-order chi connectivity index (χ0) is 32.3. The van der Waals surface area contributed by atoms with Crippen LogP contribution in [0.4, 0.5) is 35.1 Å². The van der Waals surface area contributed by atoms with E-state index in [2.05, 4.69) is 0 Å². The first-order valence-corrected chi connectivity index (χ1v) is 15.1. The third-order valence-corrected chi connectivity index (χ3v) is 8.43. The highest BCUT2D eigenvalue weighted by Crippen LogP contribution is 2.41. The molecule has 0 bridgehead atoms. The first-order chi connectivity index (χ1) is 21.5. The second kappa shape index (κ2) is 13.7. The average Bonchev–Trinajstić information content (AvgIpc) is 2.99. The standard InChI is InChI=1S/C36H32F8O/c1-2-3-4-5-21-16-30(38)34(31(39)17-21)36(43,44)45-27-13-10-22(11-14-27)25-12-15-28(29(37)18-25)24-8-6-23(7-9-24)26-19-32(40)35(42)33(41)20-26/h6-9,12,15-20,22,27H,2-5,10-11,13-14H2,1H3. The van der Waals surface area contributed by atoms with Crippen molar-refractivity contribution in [2.45, 2.75) is 76.4 Å². The number of hydrogen-bond acceptors (Lipinski definition) is 1. The number of alkyl halides is 2. The minimum atomic E-state index is -4.14. The van der Waals surface area contributed by atoms with Gasteiger partial charge in [-0.2, -0.15) is 8.78 Å². The summed E-state index contributed by atoms with van der Waals surface area (Å²) in [7, 11) is 0. The van der Waals surface area contributed by atoms with Gasteiger partial charge >= 0.3 is 6.11 Å². The van der Waals surface area contributed by atoms with Crippen molar-refractivity contribution < 1.29 is 39.9 Å². The lowest BCUT2D eigenvalue weighted by atomic mass is 9.82. The molecule has 0 aromatic heterocycles. The van der Waals surface area contributed by atoms with Crippen LogP contribution in [0.2, 0.25) is 0 Å². The molecule has 9 heteroatoms. The largest absolute Gasteiger partial charge is 0.389 e. The smallest absolute Gasteiger partial charge is 0.313 e. The third-order valence-electron chi connectivity index (χ3n) is 8.43. The van der Waals surface area contributed by atoms with Crippen LogP contribution >= 0.6 is 0 Å². The van der Waals surface area contributed by atoms with E-state index in [0.717, 1.165) is 37.1 Å². The molecule has 5 rings (SSSR count). The molecule has 0 saturated heterocycles. The number of aryl methyl sites for hydroxylation is 1. The fourth-order valence-corrected chi connectivity index (χ4v) is 5.99. The number of unbranched alkanes of at least 4 members (excludes halogenated alkanes) is 2. The van der Waals surface area contributed by atoms with Crippen LogP contribution in [0.3, 0.4) is 0 Å². The molecule has 0 radical (unpaired) electrons. The first kappa shape index (κ1) is 32.7. The summed E-state index contributed by atoms with van der Waals surface area (Å²) in [5, 5.41) is 0. The molecule has 1 nitrogen and oxygen atoms in total. The van der Waals surface area contributed by atoms with Gasteiger partial charge in [0.15, 0.2) is 17.5 Å². The van der Waals surface area contributed by atoms with Gasteiger partial charge in [-0.1, -0.05) is 56.2 Å². The maximum Gasteiger partial charge on any atom is 0.389 e. The van der Waals surface area contributed by atoms with Crippen molar-refractivity contribution in [3.05, 3.63) is 118 Å². The van der Waals surface area contributed by atoms with Crippen molar-refractivity contribution in [3.63, 3.8) is 0 Å². The minimum Gasteiger partial charge on any atom is -0.313 e. The van der Waals surface area contributed by atoms with E-state index in [0.29, 0.717) is 53.5 Å². The third kappa shape index (κ3) is 7.40. The molecule has 0 amide bonds. The summed E-state index contributed by atoms with van der Waals surface area (Å²) >= 11 is 0. The summed E-state index contributed by atoms with van der Waals surface area (Å²) in [4.78, 5) is 0. The first-order valence-electron chi connectivity index (χ1n) is 15.1. The van der Waals surface area contributed by atoms with E-state index < -0.39 is 52.7 Å². The average molecular weight is 633 g/mol. The van der Waals surface area contributed by atoms with Crippen molar-refractivity contribution in [2.24, 2.45) is 0 Å². The van der Waals surface area contributed by atoms with Crippen molar-refractivity contribution >= 4 is 0 Å². The fraction of sp³-hybridized carbons (Fsp3) is 0.333. The Labute approximate surface area is 256 Å². The van der Waals surface area contributed by atoms with E-state index in [1.54, 1.807) is 36.4 Å². The lowest BCUT2D eigenvalue weighted by Gasteiger charge is -2.31. The number of halogens is 8. The molecule has 4 aromatic carbocycles. The monoisotopic (exact) mass is 632 g/mol. The van der Waals surface area contributed by atoms with Crippen LogP contribution in [-0.2, 0) is 17.3 Å². The number of hydrogen-bond donors (Lipinski definition) is 0. The second-order valence-corrected chi connectivity index (χ2v) is 11.6. The summed E-state index contributed by atoms with van der Waals surface area (Å²) in [5.74, 6) is -7.46. The summed E-state index contributed by atoms with van der Waals surface area (Å²) in [6, 6.07) is 14.7. The predicted octanol–water partition coefficient (Wildman–Crippen LogP) is 11.4. The van der Waals surface area contributed by atoms with Gasteiger partial charge in [0.05, 0.1) is 6.10 Å². The summed E-state index contributed by atoms with van der Waals surface area (Å²) < 4.78 is 120. The number of rotatable bonds is 10. The Kier molecular flexibility index (Phi) is 9.97. The van der Waals surface area contributed by atoms with Crippen LogP contribution < -0.4 is 0 Å². The highest BCUT2D eigenvalue weighted by atomic mass is 19.3. The zero-order valence-electron chi connectivity index (χ0n) is 24.6. The Morgan fingerprint density at radius 1 is 0.644 bits per heavy atom. The van der Waals surface area contributed by atoms with Crippen LogP contribution in [0.15, 0.2) is 66.7 Å². The minimum absolute atomic E-state index is 0.122. The molecule has 0 heterocycles. The molecule has 0 aliphatic heterocycles. The lowest BCUT2D eigenvalue weighted by molar-refractivity contribution is -0.280. The van der Waals surface area contributed by atoms with Gasteiger partial charge in [-0.25, -0.2) is 26.3 Å². The van der Waals surface area contributed by atoms with Gasteiger partial charge in [0.25, 0.3) is 0 Å². The zero-order valence-corrected chi connectivity index (χ0v) is 24.6. The predicted molar refractivity (Wildman–Crippen MR) is 157 cm³/mol. The molecule has 0 N–H and O–H groups in total. The van der Waals surface area contributed by atoms with Gasteiger partial charge < -0.3 is 4.74 Å². The van der Waals surface area contributed by atoms with Gasteiger partial charge in [0.1, 0.15) is 23.0 Å². The molecule has 238 valence electrons. The second-order valence-electron chi connectivity index (χ2n) is 11.6. The van der Waals surface area contributed by atoms with Gasteiger partial charge in [-0.05, 0) is 103 Å². The molecular formula is C36H32F8O. The van der Waals surface area contributed by atoms with Crippen molar-refractivity contribution in [3.8, 4) is 22.3 Å². The van der Waals surface area contributed by atoms with Crippen LogP contribution in [-0.4, -0.2) is 6.10 Å². The molecule has 45 heavy (non-hydrogen) atoms. The summed E-state index contributed by atoms with van der Waals surface area (Å²) in [6.07, 6.45) is -0.942. The fourth-order valence-electron chi connectivity index (χ4n) is 5.99. The molecule has 0 atom stereocenters. The van der Waals surface area contributed by atoms with E-state index >= 15 is 4.39 Å². The van der Waals surface area contributed by atoms with Gasteiger partial charge in [-0.3, -0.25) is 0 Å². The molecule has 1 fully saturated rings. The number of benzene rings is 4. The van der Waals surface area contributed by atoms with E-state index in [-0.39, 0.29) is 24.3 Å². The lowest BCUT2D eigenvalue weighted by Crippen LogP contribution is -2.31. The Morgan fingerprint density at radius 3 is 1.82 bits per heavy atom. The number of ether oxygens (including phenoxy) is 1. The highest BCUT2D eigenvalue weighted by molar-refractivity contribution is 5.71. The van der Waals surface area contributed by atoms with E-state index in [4.69, 9.17) is 4.74 Å². The van der Waals surface area contributed by atoms with Gasteiger partial charge in [-0.15, -0.1) is 0 Å². The summed E-state index contributed by atoms with van der Waals surface area (Å²) in [5.41, 5.74) is 0.988. The molecule has 1 aliphatic carbocycles. The molecule has 0 spiro atoms. The molecule has 1 saturated carbocycles. The van der Waals surface area contributed by atoms with Crippen LogP contribution in [0, 0.1) is 34.9 Å². The maximum atomic E-state index is 15.2. The normalized spacial score (nSPS) is 17.1. The van der Waals surface area contributed by atoms with Crippen LogP contribution in [0.1, 0.15) is 74.5 Å². The Balaban J connectivity index is 1.21.